The number of aromatic nitrogens is 5. The van der Waals surface area contributed by atoms with Crippen LogP contribution in [0.25, 0.3) is 5.82 Å². The number of urea groups is 1. The third-order valence-corrected chi connectivity index (χ3v) is 3.48. The standard InChI is InChI=1S/C16H17N7O/c1-22(9-6-13-4-7-17-8-5-13)16(24)21-14-2-3-15(19-10-14)23-12-18-11-20-23/h2-5,7-8,10-12H,6,9H2,1H3,(H,21,24). The molecule has 8 nitrogen and oxygen atoms in total. The van der Waals surface area contributed by atoms with Crippen molar-refractivity contribution in [2.24, 2.45) is 0 Å². The Kier molecular flexibility index (Phi) is 4.76. The van der Waals surface area contributed by atoms with Crippen molar-refractivity contribution in [1.29, 1.82) is 0 Å². The summed E-state index contributed by atoms with van der Waals surface area (Å²) < 4.78 is 1.55. The number of carbonyl (C=O) groups is 1. The van der Waals surface area contributed by atoms with E-state index in [2.05, 4.69) is 25.4 Å². The maximum Gasteiger partial charge on any atom is 0.321 e. The van der Waals surface area contributed by atoms with Crippen LogP contribution in [0.2, 0.25) is 0 Å². The van der Waals surface area contributed by atoms with Gasteiger partial charge in [0.2, 0.25) is 0 Å². The van der Waals surface area contributed by atoms with Crippen molar-refractivity contribution in [3.63, 3.8) is 0 Å². The fourth-order valence-electron chi connectivity index (χ4n) is 2.09. The molecule has 3 heterocycles. The largest absolute Gasteiger partial charge is 0.327 e. The molecular formula is C16H17N7O. The van der Waals surface area contributed by atoms with Gasteiger partial charge in [-0.3, -0.25) is 4.98 Å². The lowest BCUT2D eigenvalue weighted by Crippen LogP contribution is -2.33. The number of hydrogen-bond acceptors (Lipinski definition) is 5. The van der Waals surface area contributed by atoms with E-state index in [9.17, 15) is 4.79 Å². The molecule has 3 aromatic heterocycles. The van der Waals surface area contributed by atoms with Crippen LogP contribution in [0.1, 0.15) is 5.56 Å². The van der Waals surface area contributed by atoms with E-state index < -0.39 is 0 Å². The molecule has 0 aliphatic rings. The Bertz CT molecular complexity index is 772. The Morgan fingerprint density at radius 2 is 2.04 bits per heavy atom. The van der Waals surface area contributed by atoms with Crippen molar-refractivity contribution >= 4 is 11.7 Å². The van der Waals surface area contributed by atoms with Crippen molar-refractivity contribution in [3.05, 3.63) is 61.1 Å². The molecule has 0 saturated carbocycles. The maximum atomic E-state index is 12.2. The molecule has 122 valence electrons. The zero-order valence-corrected chi connectivity index (χ0v) is 13.2. The van der Waals surface area contributed by atoms with Gasteiger partial charge in [0.15, 0.2) is 5.82 Å². The van der Waals surface area contributed by atoms with Gasteiger partial charge in [-0.05, 0) is 36.2 Å². The minimum absolute atomic E-state index is 0.181. The minimum Gasteiger partial charge on any atom is -0.327 e. The Labute approximate surface area is 139 Å². The molecule has 0 aliphatic carbocycles. The number of anilines is 1. The molecule has 0 radical (unpaired) electrons. The molecule has 1 N–H and O–H groups in total. The summed E-state index contributed by atoms with van der Waals surface area (Å²) >= 11 is 0. The first-order valence-corrected chi connectivity index (χ1v) is 7.44. The Morgan fingerprint density at radius 3 is 2.71 bits per heavy atom. The van der Waals surface area contributed by atoms with Crippen molar-refractivity contribution in [3.8, 4) is 5.82 Å². The van der Waals surface area contributed by atoms with Gasteiger partial charge in [0.1, 0.15) is 12.7 Å². The van der Waals surface area contributed by atoms with E-state index in [4.69, 9.17) is 0 Å². The van der Waals surface area contributed by atoms with Crippen LogP contribution >= 0.6 is 0 Å². The molecule has 3 rings (SSSR count). The van der Waals surface area contributed by atoms with Crippen LogP contribution in [0.3, 0.4) is 0 Å². The number of amides is 2. The second-order valence-corrected chi connectivity index (χ2v) is 5.20. The molecule has 0 aromatic carbocycles. The number of pyridine rings is 2. The van der Waals surface area contributed by atoms with Gasteiger partial charge in [-0.25, -0.2) is 19.4 Å². The lowest BCUT2D eigenvalue weighted by molar-refractivity contribution is 0.223. The highest BCUT2D eigenvalue weighted by molar-refractivity contribution is 5.88. The maximum absolute atomic E-state index is 12.2. The van der Waals surface area contributed by atoms with Gasteiger partial charge in [-0.1, -0.05) is 0 Å². The molecule has 2 amide bonds. The number of nitrogens with zero attached hydrogens (tertiary/aromatic N) is 6. The number of nitrogens with one attached hydrogen (secondary N) is 1. The molecule has 0 unspecified atom stereocenters. The molecule has 0 saturated heterocycles. The monoisotopic (exact) mass is 323 g/mol. The van der Waals surface area contributed by atoms with Crippen molar-refractivity contribution < 1.29 is 4.79 Å². The average Bonchev–Trinajstić information content (AvgIpc) is 3.16. The van der Waals surface area contributed by atoms with E-state index in [1.54, 1.807) is 53.7 Å². The predicted octanol–water partition coefficient (Wildman–Crippen LogP) is 1.76. The van der Waals surface area contributed by atoms with E-state index in [0.29, 0.717) is 18.1 Å². The molecule has 0 atom stereocenters. The summed E-state index contributed by atoms with van der Waals surface area (Å²) in [7, 11) is 1.76. The normalized spacial score (nSPS) is 10.4. The van der Waals surface area contributed by atoms with Gasteiger partial charge in [0.05, 0.1) is 11.9 Å². The quantitative estimate of drug-likeness (QED) is 0.773. The van der Waals surface area contributed by atoms with Crippen LogP contribution in [0.4, 0.5) is 10.5 Å². The van der Waals surface area contributed by atoms with Crippen LogP contribution in [0, 0.1) is 0 Å². The predicted molar refractivity (Wildman–Crippen MR) is 88.7 cm³/mol. The number of likely N-dealkylation sites (N-methyl/N-ethyl adjacent to an activating group) is 1. The van der Waals surface area contributed by atoms with Crippen LogP contribution in [0.5, 0.6) is 0 Å². The van der Waals surface area contributed by atoms with E-state index in [1.807, 2.05) is 12.1 Å². The van der Waals surface area contributed by atoms with Crippen LogP contribution < -0.4 is 5.32 Å². The van der Waals surface area contributed by atoms with E-state index in [0.717, 1.165) is 12.0 Å². The third-order valence-electron chi connectivity index (χ3n) is 3.48. The summed E-state index contributed by atoms with van der Waals surface area (Å²) in [5, 5.41) is 6.82. The first-order valence-electron chi connectivity index (χ1n) is 7.44. The fourth-order valence-corrected chi connectivity index (χ4v) is 2.09. The molecule has 8 heteroatoms. The molecular weight excluding hydrogens is 306 g/mol. The summed E-state index contributed by atoms with van der Waals surface area (Å²) in [6.07, 6.45) is 8.86. The number of carbonyl (C=O) groups excluding carboxylic acids is 1. The number of hydrogen-bond donors (Lipinski definition) is 1. The Balaban J connectivity index is 1.54. The summed E-state index contributed by atoms with van der Waals surface area (Å²) in [4.78, 5) is 25.9. The highest BCUT2D eigenvalue weighted by Crippen LogP contribution is 2.09. The van der Waals surface area contributed by atoms with Crippen molar-refractivity contribution in [2.45, 2.75) is 6.42 Å². The molecule has 0 spiro atoms. The minimum atomic E-state index is -0.181. The van der Waals surface area contributed by atoms with E-state index >= 15 is 0 Å². The highest BCUT2D eigenvalue weighted by Gasteiger charge is 2.09. The van der Waals surface area contributed by atoms with Crippen LogP contribution in [-0.2, 0) is 6.42 Å². The van der Waals surface area contributed by atoms with Crippen LogP contribution in [0.15, 0.2) is 55.5 Å². The smallest absolute Gasteiger partial charge is 0.321 e. The fraction of sp³-hybridized carbons (Fsp3) is 0.188. The lowest BCUT2D eigenvalue weighted by atomic mass is 10.2. The first kappa shape index (κ1) is 15.6. The topological polar surface area (TPSA) is 88.8 Å². The zero-order valence-electron chi connectivity index (χ0n) is 13.2. The summed E-state index contributed by atoms with van der Waals surface area (Å²) in [6.45, 7) is 0.611. The molecule has 3 aromatic rings. The second-order valence-electron chi connectivity index (χ2n) is 5.20. The van der Waals surface area contributed by atoms with Gasteiger partial charge in [0, 0.05) is 26.0 Å². The molecule has 0 bridgehead atoms. The van der Waals surface area contributed by atoms with Gasteiger partial charge >= 0.3 is 6.03 Å². The average molecular weight is 323 g/mol. The van der Waals surface area contributed by atoms with E-state index in [-0.39, 0.29) is 6.03 Å². The lowest BCUT2D eigenvalue weighted by Gasteiger charge is -2.18. The summed E-state index contributed by atoms with van der Waals surface area (Å²) in [5.41, 5.74) is 1.77. The second kappa shape index (κ2) is 7.32. The zero-order chi connectivity index (χ0) is 16.8. The molecule has 24 heavy (non-hydrogen) atoms. The van der Waals surface area contributed by atoms with Gasteiger partial charge < -0.3 is 10.2 Å². The third kappa shape index (κ3) is 3.92. The van der Waals surface area contributed by atoms with Gasteiger partial charge in [-0.2, -0.15) is 5.10 Å². The van der Waals surface area contributed by atoms with Gasteiger partial charge in [0.25, 0.3) is 0 Å². The highest BCUT2D eigenvalue weighted by atomic mass is 16.2. The first-order chi connectivity index (χ1) is 11.7. The van der Waals surface area contributed by atoms with Crippen molar-refractivity contribution in [1.82, 2.24) is 29.6 Å². The molecule has 0 aliphatic heterocycles. The van der Waals surface area contributed by atoms with E-state index in [1.165, 1.54) is 6.33 Å². The Morgan fingerprint density at radius 1 is 1.21 bits per heavy atom. The van der Waals surface area contributed by atoms with Crippen LogP contribution in [-0.4, -0.2) is 49.3 Å². The SMILES string of the molecule is CN(CCc1ccncc1)C(=O)Nc1ccc(-n2cncn2)nc1. The summed E-state index contributed by atoms with van der Waals surface area (Å²) in [5.74, 6) is 0.636. The summed E-state index contributed by atoms with van der Waals surface area (Å²) in [6, 6.07) is 7.25. The molecule has 0 fully saturated rings. The number of rotatable bonds is 5. The Hall–Kier alpha value is -3.29. The van der Waals surface area contributed by atoms with Crippen molar-refractivity contribution in [2.75, 3.05) is 18.9 Å². The van der Waals surface area contributed by atoms with Gasteiger partial charge in [-0.15, -0.1) is 0 Å².